The fraction of sp³-hybridized carbons (Fsp3) is 0.419. The van der Waals surface area contributed by atoms with E-state index in [4.69, 9.17) is 4.74 Å². The summed E-state index contributed by atoms with van der Waals surface area (Å²) in [4.78, 5) is 43.9. The summed E-state index contributed by atoms with van der Waals surface area (Å²) in [5.41, 5.74) is 1.91. The number of aromatic nitrogens is 1. The summed E-state index contributed by atoms with van der Waals surface area (Å²) in [6.07, 6.45) is 5.90. The molecule has 204 valence electrons. The molecule has 2 aliphatic rings. The predicted octanol–water partition coefficient (Wildman–Crippen LogP) is 5.35. The number of anilines is 1. The van der Waals surface area contributed by atoms with Crippen LogP contribution in [-0.4, -0.2) is 53.0 Å². The number of carbonyl (C=O) groups is 3. The van der Waals surface area contributed by atoms with Gasteiger partial charge in [0, 0.05) is 54.6 Å². The summed E-state index contributed by atoms with van der Waals surface area (Å²) in [5.74, 6) is 0.167. The number of piperidine rings is 1. The lowest BCUT2D eigenvalue weighted by atomic mass is 9.98. The van der Waals surface area contributed by atoms with Crippen molar-refractivity contribution in [2.75, 3.05) is 25.0 Å². The third kappa shape index (κ3) is 6.74. The quantitative estimate of drug-likeness (QED) is 0.449. The van der Waals surface area contributed by atoms with E-state index >= 15 is 0 Å². The highest BCUT2D eigenvalue weighted by Gasteiger charge is 2.44. The average Bonchev–Trinajstić information content (AvgIpc) is 3.72. The van der Waals surface area contributed by atoms with Gasteiger partial charge >= 0.3 is 6.09 Å². The minimum Gasteiger partial charge on any atom is -0.444 e. The molecule has 0 spiro atoms. The molecule has 2 heterocycles. The highest BCUT2D eigenvalue weighted by atomic mass is 16.6. The van der Waals surface area contributed by atoms with Crippen LogP contribution in [0.3, 0.4) is 0 Å². The number of hydrogen-bond donors (Lipinski definition) is 2. The van der Waals surface area contributed by atoms with Crippen molar-refractivity contribution in [2.45, 2.75) is 51.6 Å². The van der Waals surface area contributed by atoms with Crippen LogP contribution in [-0.2, 0) is 9.53 Å². The fourth-order valence-corrected chi connectivity index (χ4v) is 5.19. The molecule has 0 unspecified atom stereocenters. The molecule has 8 heteroatoms. The van der Waals surface area contributed by atoms with Crippen molar-refractivity contribution in [3.8, 4) is 0 Å². The summed E-state index contributed by atoms with van der Waals surface area (Å²) in [5, 5.41) is 8.13. The van der Waals surface area contributed by atoms with Gasteiger partial charge in [0.15, 0.2) is 0 Å². The number of hydrogen-bond acceptors (Lipinski definition) is 5. The molecule has 2 N–H and O–H groups in total. The van der Waals surface area contributed by atoms with Gasteiger partial charge in [-0.2, -0.15) is 0 Å². The van der Waals surface area contributed by atoms with Crippen LogP contribution in [0.15, 0.2) is 60.9 Å². The number of nitrogens with zero attached hydrogens (tertiary/aromatic N) is 2. The Morgan fingerprint density at radius 1 is 1.05 bits per heavy atom. The molecule has 1 saturated carbocycles. The van der Waals surface area contributed by atoms with Crippen molar-refractivity contribution in [3.05, 3.63) is 72.1 Å². The summed E-state index contributed by atoms with van der Waals surface area (Å²) < 4.78 is 5.50. The fourth-order valence-electron chi connectivity index (χ4n) is 5.19. The average molecular weight is 529 g/mol. The maximum absolute atomic E-state index is 12.8. The van der Waals surface area contributed by atoms with Crippen molar-refractivity contribution >= 4 is 34.4 Å². The monoisotopic (exact) mass is 528 g/mol. The Morgan fingerprint density at radius 2 is 1.85 bits per heavy atom. The van der Waals surface area contributed by atoms with E-state index in [2.05, 4.69) is 15.6 Å². The lowest BCUT2D eigenvalue weighted by Crippen LogP contribution is -2.45. The molecule has 1 aromatic heterocycles. The number of likely N-dealkylation sites (tertiary alicyclic amines) is 1. The SMILES string of the molecule is CC(C)(C)OC(=O)N1CCC[C@@H](CNC(=O)c2ccc([C@@H]3C[C@H]3C(=O)Nc3ccc4cnccc4c3)cc2)C1. The predicted molar refractivity (Wildman–Crippen MR) is 151 cm³/mol. The lowest BCUT2D eigenvalue weighted by Gasteiger charge is -2.34. The third-order valence-corrected chi connectivity index (χ3v) is 7.36. The molecule has 3 aromatic rings. The largest absolute Gasteiger partial charge is 0.444 e. The first kappa shape index (κ1) is 26.7. The van der Waals surface area contributed by atoms with Crippen molar-refractivity contribution in [1.82, 2.24) is 15.2 Å². The van der Waals surface area contributed by atoms with Crippen LogP contribution in [0.2, 0.25) is 0 Å². The van der Waals surface area contributed by atoms with Crippen molar-refractivity contribution < 1.29 is 19.1 Å². The van der Waals surface area contributed by atoms with Gasteiger partial charge in [-0.1, -0.05) is 18.2 Å². The standard InChI is InChI=1S/C31H36N4O4/c1-31(2,3)39-30(38)35-14-4-5-20(19-35)17-33-28(36)22-8-6-21(7-9-22)26-16-27(26)29(37)34-25-11-10-24-18-32-13-12-23(24)15-25/h6-13,15,18,20,26-27H,4-5,14,16-17,19H2,1-3H3,(H,33,36)(H,34,37)/t20-,26-,27+/m0/s1. The van der Waals surface area contributed by atoms with Gasteiger partial charge in [-0.15, -0.1) is 0 Å². The second-order valence-corrected chi connectivity index (χ2v) is 11.6. The molecule has 5 rings (SSSR count). The number of pyridine rings is 1. The maximum atomic E-state index is 12.8. The number of benzene rings is 2. The zero-order valence-electron chi connectivity index (χ0n) is 22.8. The third-order valence-electron chi connectivity index (χ3n) is 7.36. The Hall–Kier alpha value is -3.94. The number of ether oxygens (including phenoxy) is 1. The Morgan fingerprint density at radius 3 is 2.62 bits per heavy atom. The van der Waals surface area contributed by atoms with Gasteiger partial charge < -0.3 is 20.3 Å². The smallest absolute Gasteiger partial charge is 0.410 e. The van der Waals surface area contributed by atoms with E-state index in [9.17, 15) is 14.4 Å². The van der Waals surface area contributed by atoms with Gasteiger partial charge in [-0.3, -0.25) is 14.6 Å². The van der Waals surface area contributed by atoms with Gasteiger partial charge in [0.25, 0.3) is 5.91 Å². The Bertz CT molecular complexity index is 1370. The van der Waals surface area contributed by atoms with Crippen LogP contribution >= 0.6 is 0 Å². The molecule has 1 aliphatic heterocycles. The zero-order chi connectivity index (χ0) is 27.6. The number of rotatable bonds is 6. The van der Waals surface area contributed by atoms with Crippen LogP contribution in [0.1, 0.15) is 61.9 Å². The Kier molecular flexibility index (Phi) is 7.55. The minimum absolute atomic E-state index is 0.0168. The second-order valence-electron chi connectivity index (χ2n) is 11.6. The van der Waals surface area contributed by atoms with E-state index in [0.717, 1.165) is 41.3 Å². The van der Waals surface area contributed by atoms with E-state index in [1.807, 2.05) is 69.3 Å². The van der Waals surface area contributed by atoms with E-state index in [1.54, 1.807) is 17.3 Å². The first-order valence-electron chi connectivity index (χ1n) is 13.7. The number of nitrogens with one attached hydrogen (secondary N) is 2. The molecule has 1 aliphatic carbocycles. The van der Waals surface area contributed by atoms with Gasteiger partial charge in [0.05, 0.1) is 0 Å². The zero-order valence-corrected chi connectivity index (χ0v) is 22.8. The van der Waals surface area contributed by atoms with Gasteiger partial charge in [0.1, 0.15) is 5.60 Å². The molecular formula is C31H36N4O4. The number of amides is 3. The highest BCUT2D eigenvalue weighted by molar-refractivity contribution is 5.97. The summed E-state index contributed by atoms with van der Waals surface area (Å²) in [7, 11) is 0. The Balaban J connectivity index is 1.09. The van der Waals surface area contributed by atoms with E-state index < -0.39 is 5.60 Å². The molecule has 2 fully saturated rings. The van der Waals surface area contributed by atoms with Crippen LogP contribution in [0.5, 0.6) is 0 Å². The van der Waals surface area contributed by atoms with Crippen LogP contribution < -0.4 is 10.6 Å². The summed E-state index contributed by atoms with van der Waals surface area (Å²) in [6, 6.07) is 15.3. The lowest BCUT2D eigenvalue weighted by molar-refractivity contribution is -0.117. The molecule has 2 aromatic carbocycles. The summed E-state index contributed by atoms with van der Waals surface area (Å²) >= 11 is 0. The first-order chi connectivity index (χ1) is 18.7. The van der Waals surface area contributed by atoms with Crippen LogP contribution in [0.4, 0.5) is 10.5 Å². The van der Waals surface area contributed by atoms with Gasteiger partial charge in [-0.25, -0.2) is 4.79 Å². The molecule has 8 nitrogen and oxygen atoms in total. The van der Waals surface area contributed by atoms with E-state index in [0.29, 0.717) is 25.2 Å². The van der Waals surface area contributed by atoms with Crippen LogP contribution in [0.25, 0.3) is 10.8 Å². The topological polar surface area (TPSA) is 101 Å². The van der Waals surface area contributed by atoms with Crippen molar-refractivity contribution in [1.29, 1.82) is 0 Å². The number of fused-ring (bicyclic) bond motifs is 1. The number of carbonyl (C=O) groups excluding carboxylic acids is 3. The molecular weight excluding hydrogens is 492 g/mol. The van der Waals surface area contributed by atoms with Gasteiger partial charge in [-0.05, 0) is 93.2 Å². The van der Waals surface area contributed by atoms with Crippen LogP contribution in [0, 0.1) is 11.8 Å². The highest BCUT2D eigenvalue weighted by Crippen LogP contribution is 2.48. The van der Waals surface area contributed by atoms with E-state index in [-0.39, 0.29) is 35.7 Å². The van der Waals surface area contributed by atoms with Crippen molar-refractivity contribution in [2.24, 2.45) is 11.8 Å². The summed E-state index contributed by atoms with van der Waals surface area (Å²) in [6.45, 7) is 7.36. The normalized spacial score (nSPS) is 20.8. The first-order valence-corrected chi connectivity index (χ1v) is 13.7. The molecule has 1 saturated heterocycles. The molecule has 3 amide bonds. The molecule has 39 heavy (non-hydrogen) atoms. The minimum atomic E-state index is -0.524. The molecule has 0 bridgehead atoms. The van der Waals surface area contributed by atoms with Gasteiger partial charge in [0.2, 0.25) is 5.91 Å². The van der Waals surface area contributed by atoms with E-state index in [1.165, 1.54) is 0 Å². The van der Waals surface area contributed by atoms with Crippen molar-refractivity contribution in [3.63, 3.8) is 0 Å². The second kappa shape index (κ2) is 11.0. The Labute approximate surface area is 229 Å². The molecule has 0 radical (unpaired) electrons. The maximum Gasteiger partial charge on any atom is 0.410 e. The molecule has 3 atom stereocenters.